The highest BCUT2D eigenvalue weighted by atomic mass is 35.5. The van der Waals surface area contributed by atoms with Gasteiger partial charge in [0, 0.05) is 25.7 Å². The van der Waals surface area contributed by atoms with Crippen LogP contribution in [0.25, 0.3) is 0 Å². The Kier molecular flexibility index (Phi) is 3.72. The number of likely N-dealkylation sites (N-methyl/N-ethyl adjacent to an activating group) is 1. The Bertz CT molecular complexity index is 656. The van der Waals surface area contributed by atoms with Crippen LogP contribution < -0.4 is 9.80 Å². The molecule has 0 saturated heterocycles. The molecule has 5 heteroatoms. The van der Waals surface area contributed by atoms with E-state index in [1.807, 2.05) is 0 Å². The highest BCUT2D eigenvalue weighted by Crippen LogP contribution is 2.40. The van der Waals surface area contributed by atoms with Gasteiger partial charge in [0.05, 0.1) is 11.4 Å². The van der Waals surface area contributed by atoms with Crippen molar-refractivity contribution in [2.45, 2.75) is 19.8 Å². The van der Waals surface area contributed by atoms with Gasteiger partial charge in [-0.2, -0.15) is 0 Å². The summed E-state index contributed by atoms with van der Waals surface area (Å²) in [6, 6.07) is 8.39. The zero-order valence-corrected chi connectivity index (χ0v) is 13.3. The van der Waals surface area contributed by atoms with Gasteiger partial charge in [0.25, 0.3) is 0 Å². The second-order valence-corrected chi connectivity index (χ2v) is 5.98. The van der Waals surface area contributed by atoms with Gasteiger partial charge in [0.1, 0.15) is 17.3 Å². The molecule has 0 spiro atoms. The van der Waals surface area contributed by atoms with Crippen molar-refractivity contribution in [3.05, 3.63) is 41.3 Å². The van der Waals surface area contributed by atoms with Crippen LogP contribution in [0.2, 0.25) is 5.15 Å². The molecule has 2 aromatic rings. The third-order valence-electron chi connectivity index (χ3n) is 3.89. The van der Waals surface area contributed by atoms with Gasteiger partial charge < -0.3 is 9.80 Å². The minimum atomic E-state index is 0.278. The third kappa shape index (κ3) is 2.44. The maximum absolute atomic E-state index is 6.31. The predicted molar refractivity (Wildman–Crippen MR) is 87.8 cm³/mol. The highest BCUT2D eigenvalue weighted by Gasteiger charge is 2.25. The fourth-order valence-corrected chi connectivity index (χ4v) is 3.15. The van der Waals surface area contributed by atoms with Gasteiger partial charge in [-0.3, -0.25) is 0 Å². The molecule has 0 amide bonds. The van der Waals surface area contributed by atoms with Gasteiger partial charge in [-0.15, -0.1) is 0 Å². The Labute approximate surface area is 130 Å². The van der Waals surface area contributed by atoms with Crippen LogP contribution in [-0.4, -0.2) is 30.1 Å². The number of para-hydroxylation sites is 2. The van der Waals surface area contributed by atoms with Crippen molar-refractivity contribution >= 4 is 28.8 Å². The third-order valence-corrected chi connectivity index (χ3v) is 4.19. The zero-order chi connectivity index (χ0) is 15.0. The van der Waals surface area contributed by atoms with E-state index in [4.69, 9.17) is 11.6 Å². The Morgan fingerprint density at radius 1 is 1.10 bits per heavy atom. The average molecular weight is 303 g/mol. The van der Waals surface area contributed by atoms with E-state index in [0.29, 0.717) is 5.15 Å². The summed E-state index contributed by atoms with van der Waals surface area (Å²) in [6.45, 7) is 6.09. The molecule has 1 aliphatic rings. The monoisotopic (exact) mass is 302 g/mol. The lowest BCUT2D eigenvalue weighted by Crippen LogP contribution is -2.37. The molecule has 4 nitrogen and oxygen atoms in total. The Morgan fingerprint density at radius 2 is 1.81 bits per heavy atom. The molecule has 0 fully saturated rings. The number of fused-ring (bicyclic) bond motifs is 1. The molecule has 0 atom stereocenters. The lowest BCUT2D eigenvalue weighted by molar-refractivity contribution is 0.784. The standard InChI is InChI=1S/C16H19ClN4/c1-11(2)14-15(17)18-10-19-16(14)21-9-8-20(3)12-6-4-5-7-13(12)21/h4-7,10-11H,8-9H2,1-3H3. The summed E-state index contributed by atoms with van der Waals surface area (Å²) in [7, 11) is 2.12. The van der Waals surface area contributed by atoms with E-state index >= 15 is 0 Å². The average Bonchev–Trinajstić information content (AvgIpc) is 2.47. The minimum absolute atomic E-state index is 0.278. The maximum atomic E-state index is 6.31. The molecule has 0 radical (unpaired) electrons. The molecule has 1 aromatic carbocycles. The molecule has 0 saturated carbocycles. The smallest absolute Gasteiger partial charge is 0.141 e. The Balaban J connectivity index is 2.15. The van der Waals surface area contributed by atoms with Crippen LogP contribution in [0, 0.1) is 0 Å². The van der Waals surface area contributed by atoms with Crippen molar-refractivity contribution in [3.63, 3.8) is 0 Å². The number of rotatable bonds is 2. The van der Waals surface area contributed by atoms with E-state index in [-0.39, 0.29) is 5.92 Å². The number of nitrogens with zero attached hydrogens (tertiary/aromatic N) is 4. The lowest BCUT2D eigenvalue weighted by Gasteiger charge is -2.37. The van der Waals surface area contributed by atoms with E-state index in [0.717, 1.165) is 24.5 Å². The summed E-state index contributed by atoms with van der Waals surface area (Å²) in [5, 5.41) is 0.548. The molecule has 1 aromatic heterocycles. The number of benzene rings is 1. The van der Waals surface area contributed by atoms with E-state index in [1.165, 1.54) is 11.4 Å². The van der Waals surface area contributed by atoms with Crippen LogP contribution in [0.5, 0.6) is 0 Å². The molecule has 21 heavy (non-hydrogen) atoms. The van der Waals surface area contributed by atoms with E-state index in [2.05, 4.69) is 64.9 Å². The highest BCUT2D eigenvalue weighted by molar-refractivity contribution is 6.30. The summed E-state index contributed by atoms with van der Waals surface area (Å²) in [6.07, 6.45) is 1.55. The molecule has 2 heterocycles. The van der Waals surface area contributed by atoms with E-state index < -0.39 is 0 Å². The summed E-state index contributed by atoms with van der Waals surface area (Å²) >= 11 is 6.31. The zero-order valence-electron chi connectivity index (χ0n) is 12.5. The van der Waals surface area contributed by atoms with Crippen molar-refractivity contribution in [2.75, 3.05) is 29.9 Å². The molecule has 0 N–H and O–H groups in total. The SMILES string of the molecule is CC(C)c1c(Cl)ncnc1N1CCN(C)c2ccccc21. The lowest BCUT2D eigenvalue weighted by atomic mass is 10.0. The quantitative estimate of drug-likeness (QED) is 0.789. The first kappa shape index (κ1) is 14.1. The van der Waals surface area contributed by atoms with Crippen molar-refractivity contribution < 1.29 is 0 Å². The van der Waals surface area contributed by atoms with Crippen molar-refractivity contribution in [1.29, 1.82) is 0 Å². The molecular formula is C16H19ClN4. The molecule has 0 unspecified atom stereocenters. The van der Waals surface area contributed by atoms with Crippen molar-refractivity contribution in [1.82, 2.24) is 9.97 Å². The summed E-state index contributed by atoms with van der Waals surface area (Å²) in [5.41, 5.74) is 3.40. The first-order valence-electron chi connectivity index (χ1n) is 7.17. The number of hydrogen-bond acceptors (Lipinski definition) is 4. The van der Waals surface area contributed by atoms with Crippen LogP contribution in [0.3, 0.4) is 0 Å². The maximum Gasteiger partial charge on any atom is 0.141 e. The van der Waals surface area contributed by atoms with Gasteiger partial charge in [-0.1, -0.05) is 37.6 Å². The van der Waals surface area contributed by atoms with Gasteiger partial charge in [0.15, 0.2) is 0 Å². The number of hydrogen-bond donors (Lipinski definition) is 0. The fraction of sp³-hybridized carbons (Fsp3) is 0.375. The predicted octanol–water partition coefficient (Wildman–Crippen LogP) is 3.84. The topological polar surface area (TPSA) is 32.3 Å². The number of halogens is 1. The number of aromatic nitrogens is 2. The Hall–Kier alpha value is -1.81. The van der Waals surface area contributed by atoms with Crippen LogP contribution in [0.15, 0.2) is 30.6 Å². The van der Waals surface area contributed by atoms with Crippen molar-refractivity contribution in [3.8, 4) is 0 Å². The minimum Gasteiger partial charge on any atom is -0.371 e. The summed E-state index contributed by atoms with van der Waals surface area (Å²) in [4.78, 5) is 13.2. The normalized spacial score (nSPS) is 14.5. The van der Waals surface area contributed by atoms with Crippen LogP contribution in [-0.2, 0) is 0 Å². The van der Waals surface area contributed by atoms with Gasteiger partial charge in [-0.25, -0.2) is 9.97 Å². The fourth-order valence-electron chi connectivity index (χ4n) is 2.80. The first-order valence-corrected chi connectivity index (χ1v) is 7.55. The summed E-state index contributed by atoms with van der Waals surface area (Å²) in [5.74, 6) is 1.20. The molecule has 0 bridgehead atoms. The van der Waals surface area contributed by atoms with Crippen LogP contribution in [0.4, 0.5) is 17.2 Å². The van der Waals surface area contributed by atoms with Crippen molar-refractivity contribution in [2.24, 2.45) is 0 Å². The van der Waals surface area contributed by atoms with Gasteiger partial charge >= 0.3 is 0 Å². The van der Waals surface area contributed by atoms with Crippen LogP contribution >= 0.6 is 11.6 Å². The number of anilines is 3. The summed E-state index contributed by atoms with van der Waals surface area (Å²) < 4.78 is 0. The molecule has 110 valence electrons. The van der Waals surface area contributed by atoms with Crippen LogP contribution in [0.1, 0.15) is 25.3 Å². The second kappa shape index (κ2) is 5.53. The van der Waals surface area contributed by atoms with E-state index in [9.17, 15) is 0 Å². The largest absolute Gasteiger partial charge is 0.371 e. The Morgan fingerprint density at radius 3 is 2.52 bits per heavy atom. The molecule has 0 aliphatic carbocycles. The molecule has 1 aliphatic heterocycles. The first-order chi connectivity index (χ1) is 10.1. The second-order valence-electron chi connectivity index (χ2n) is 5.62. The van der Waals surface area contributed by atoms with Gasteiger partial charge in [0.2, 0.25) is 0 Å². The molecule has 3 rings (SSSR count). The molecular weight excluding hydrogens is 284 g/mol. The van der Waals surface area contributed by atoms with E-state index in [1.54, 1.807) is 6.33 Å². The van der Waals surface area contributed by atoms with Gasteiger partial charge in [-0.05, 0) is 18.1 Å².